The third kappa shape index (κ3) is 4.32. The Hall–Kier alpha value is -1.82. The fourth-order valence-corrected chi connectivity index (χ4v) is 2.49. The van der Waals surface area contributed by atoms with Crippen molar-refractivity contribution in [3.8, 4) is 5.75 Å². The van der Waals surface area contributed by atoms with Crippen LogP contribution in [0.4, 0.5) is 4.39 Å². The number of halogens is 2. The second kappa shape index (κ2) is 6.76. The van der Waals surface area contributed by atoms with Crippen molar-refractivity contribution < 1.29 is 23.8 Å². The van der Waals surface area contributed by atoms with E-state index in [0.29, 0.717) is 25.0 Å². The number of ether oxygens (including phenoxy) is 1. The molecule has 2 N–H and O–H groups in total. The zero-order chi connectivity index (χ0) is 15.4. The molecule has 0 aromatic heterocycles. The predicted octanol–water partition coefficient (Wildman–Crippen LogP) is 2.23. The summed E-state index contributed by atoms with van der Waals surface area (Å²) in [7, 11) is 0. The summed E-state index contributed by atoms with van der Waals surface area (Å²) in [5.41, 5.74) is 0. The Morgan fingerprint density at radius 2 is 2.19 bits per heavy atom. The summed E-state index contributed by atoms with van der Waals surface area (Å²) in [6.45, 7) is -0.226. The molecule has 0 bridgehead atoms. The smallest absolute Gasteiger partial charge is 0.306 e. The van der Waals surface area contributed by atoms with E-state index in [1.165, 1.54) is 12.1 Å². The minimum absolute atomic E-state index is 0.0759. The van der Waals surface area contributed by atoms with Gasteiger partial charge < -0.3 is 15.2 Å². The first-order valence-electron chi connectivity index (χ1n) is 6.55. The normalized spacial score (nSPS) is 21.0. The predicted molar refractivity (Wildman–Crippen MR) is 73.8 cm³/mol. The van der Waals surface area contributed by atoms with Crippen LogP contribution in [0.15, 0.2) is 18.2 Å². The molecule has 1 aromatic rings. The van der Waals surface area contributed by atoms with Crippen molar-refractivity contribution in [2.75, 3.05) is 6.61 Å². The quantitative estimate of drug-likeness (QED) is 0.873. The van der Waals surface area contributed by atoms with Gasteiger partial charge in [-0.2, -0.15) is 0 Å². The number of carbonyl (C=O) groups is 2. The van der Waals surface area contributed by atoms with Gasteiger partial charge >= 0.3 is 5.97 Å². The fraction of sp³-hybridized carbons (Fsp3) is 0.429. The molecule has 0 unspecified atom stereocenters. The molecule has 1 saturated carbocycles. The molecule has 0 aliphatic heterocycles. The van der Waals surface area contributed by atoms with E-state index in [0.717, 1.165) is 6.07 Å². The summed E-state index contributed by atoms with van der Waals surface area (Å²) in [6.07, 6.45) is 1.64. The minimum atomic E-state index is -0.830. The van der Waals surface area contributed by atoms with Gasteiger partial charge in [0.05, 0.1) is 10.9 Å². The molecule has 1 aromatic carbocycles. The van der Waals surface area contributed by atoms with E-state index in [1.807, 2.05) is 0 Å². The van der Waals surface area contributed by atoms with Gasteiger partial charge in [0.15, 0.2) is 6.61 Å². The Kier molecular flexibility index (Phi) is 5.01. The summed E-state index contributed by atoms with van der Waals surface area (Å²) in [5, 5.41) is 11.5. The molecule has 0 saturated heterocycles. The second-order valence-electron chi connectivity index (χ2n) is 4.98. The topological polar surface area (TPSA) is 75.6 Å². The number of hydrogen-bond donors (Lipinski definition) is 2. The van der Waals surface area contributed by atoms with Gasteiger partial charge in [0, 0.05) is 12.1 Å². The molecule has 2 atom stereocenters. The van der Waals surface area contributed by atoms with Gasteiger partial charge in [-0.3, -0.25) is 9.59 Å². The number of aliphatic carboxylic acids is 1. The van der Waals surface area contributed by atoms with E-state index >= 15 is 0 Å². The summed E-state index contributed by atoms with van der Waals surface area (Å²) < 4.78 is 18.2. The van der Waals surface area contributed by atoms with E-state index in [4.69, 9.17) is 21.4 Å². The Morgan fingerprint density at radius 1 is 1.43 bits per heavy atom. The summed E-state index contributed by atoms with van der Waals surface area (Å²) in [6, 6.07) is 3.69. The fourth-order valence-electron chi connectivity index (χ4n) is 2.32. The monoisotopic (exact) mass is 315 g/mol. The molecular weight excluding hydrogens is 301 g/mol. The number of carboxylic acids is 1. The Morgan fingerprint density at radius 3 is 2.81 bits per heavy atom. The number of benzene rings is 1. The first-order chi connectivity index (χ1) is 9.95. The van der Waals surface area contributed by atoms with Crippen LogP contribution in [0.1, 0.15) is 19.3 Å². The molecule has 5 nitrogen and oxygen atoms in total. The molecular formula is C14H15ClFNO4. The third-order valence-electron chi connectivity index (χ3n) is 3.41. The Labute approximate surface area is 126 Å². The lowest BCUT2D eigenvalue weighted by atomic mass is 10.1. The van der Waals surface area contributed by atoms with Crippen LogP contribution < -0.4 is 10.1 Å². The highest BCUT2D eigenvalue weighted by Gasteiger charge is 2.30. The summed E-state index contributed by atoms with van der Waals surface area (Å²) >= 11 is 5.60. The largest absolute Gasteiger partial charge is 0.484 e. The lowest BCUT2D eigenvalue weighted by Gasteiger charge is -2.13. The number of amides is 1. The molecule has 21 heavy (non-hydrogen) atoms. The molecule has 1 amide bonds. The number of rotatable bonds is 5. The number of hydrogen-bond acceptors (Lipinski definition) is 3. The van der Waals surface area contributed by atoms with Crippen molar-refractivity contribution in [3.05, 3.63) is 29.0 Å². The lowest BCUT2D eigenvalue weighted by molar-refractivity contribution is -0.141. The van der Waals surface area contributed by atoms with E-state index in [9.17, 15) is 14.0 Å². The van der Waals surface area contributed by atoms with E-state index in [1.54, 1.807) is 0 Å². The highest BCUT2D eigenvalue weighted by atomic mass is 35.5. The average molecular weight is 316 g/mol. The zero-order valence-corrected chi connectivity index (χ0v) is 11.9. The highest BCUT2D eigenvalue weighted by molar-refractivity contribution is 6.30. The van der Waals surface area contributed by atoms with Gasteiger partial charge in [-0.05, 0) is 31.4 Å². The maximum atomic E-state index is 13.0. The summed E-state index contributed by atoms with van der Waals surface area (Å²) in [5.74, 6) is -1.83. The van der Waals surface area contributed by atoms with Crippen molar-refractivity contribution in [2.24, 2.45) is 5.92 Å². The molecule has 1 fully saturated rings. The van der Waals surface area contributed by atoms with Crippen LogP contribution in [-0.4, -0.2) is 29.6 Å². The molecule has 114 valence electrons. The van der Waals surface area contributed by atoms with Crippen molar-refractivity contribution >= 4 is 23.5 Å². The standard InChI is InChI=1S/C14H15ClFNO4/c15-11-6-10(3-4-12(11)16)21-7-13(18)17-9-2-1-8(5-9)14(19)20/h3-4,6,8-9H,1-2,5,7H2,(H,17,18)(H,19,20)/t8-,9+/m1/s1. The lowest BCUT2D eigenvalue weighted by Crippen LogP contribution is -2.36. The average Bonchev–Trinajstić information content (AvgIpc) is 2.89. The Bertz CT molecular complexity index is 552. The van der Waals surface area contributed by atoms with Crippen LogP contribution >= 0.6 is 11.6 Å². The first kappa shape index (κ1) is 15.6. The SMILES string of the molecule is O=C(COc1ccc(F)c(Cl)c1)N[C@H]1CC[C@@H](C(=O)O)C1. The number of carbonyl (C=O) groups excluding carboxylic acids is 1. The van der Waals surface area contributed by atoms with Gasteiger partial charge in [-0.25, -0.2) is 4.39 Å². The molecule has 7 heteroatoms. The maximum absolute atomic E-state index is 13.0. The molecule has 1 aliphatic carbocycles. The van der Waals surface area contributed by atoms with E-state index in [-0.39, 0.29) is 23.6 Å². The number of nitrogens with one attached hydrogen (secondary N) is 1. The molecule has 0 spiro atoms. The maximum Gasteiger partial charge on any atom is 0.306 e. The highest BCUT2D eigenvalue weighted by Crippen LogP contribution is 2.25. The molecule has 0 radical (unpaired) electrons. The minimum Gasteiger partial charge on any atom is -0.484 e. The first-order valence-corrected chi connectivity index (χ1v) is 6.93. The molecule has 1 aliphatic rings. The van der Waals surface area contributed by atoms with Crippen LogP contribution in [0, 0.1) is 11.7 Å². The van der Waals surface area contributed by atoms with Gasteiger partial charge in [0.1, 0.15) is 11.6 Å². The van der Waals surface area contributed by atoms with Crippen LogP contribution in [-0.2, 0) is 9.59 Å². The van der Waals surface area contributed by atoms with Crippen LogP contribution in [0.2, 0.25) is 5.02 Å². The van der Waals surface area contributed by atoms with E-state index < -0.39 is 17.7 Å². The van der Waals surface area contributed by atoms with Crippen molar-refractivity contribution in [2.45, 2.75) is 25.3 Å². The van der Waals surface area contributed by atoms with Crippen molar-refractivity contribution in [1.82, 2.24) is 5.32 Å². The van der Waals surface area contributed by atoms with Crippen LogP contribution in [0.25, 0.3) is 0 Å². The van der Waals surface area contributed by atoms with Gasteiger partial charge in [0.25, 0.3) is 5.91 Å². The van der Waals surface area contributed by atoms with Crippen LogP contribution in [0.3, 0.4) is 0 Å². The third-order valence-corrected chi connectivity index (χ3v) is 3.70. The van der Waals surface area contributed by atoms with E-state index in [2.05, 4.69) is 5.32 Å². The molecule has 0 heterocycles. The van der Waals surface area contributed by atoms with Gasteiger partial charge in [0.2, 0.25) is 0 Å². The van der Waals surface area contributed by atoms with Crippen molar-refractivity contribution in [1.29, 1.82) is 0 Å². The number of carboxylic acid groups (broad SMARTS) is 1. The summed E-state index contributed by atoms with van der Waals surface area (Å²) in [4.78, 5) is 22.5. The zero-order valence-electron chi connectivity index (χ0n) is 11.1. The Balaban J connectivity index is 1.77. The second-order valence-corrected chi connectivity index (χ2v) is 5.38. The van der Waals surface area contributed by atoms with Crippen molar-refractivity contribution in [3.63, 3.8) is 0 Å². The molecule has 2 rings (SSSR count). The van der Waals surface area contributed by atoms with Crippen LogP contribution in [0.5, 0.6) is 5.75 Å². The van der Waals surface area contributed by atoms with Gasteiger partial charge in [-0.1, -0.05) is 11.6 Å². The van der Waals surface area contributed by atoms with Gasteiger partial charge in [-0.15, -0.1) is 0 Å².